The number of rotatable bonds is 1. The fourth-order valence-corrected chi connectivity index (χ4v) is 5.39. The maximum absolute atomic E-state index is 6.58. The third-order valence-corrected chi connectivity index (χ3v) is 6.58. The topological polar surface area (TPSA) is 27.8 Å². The molecule has 0 radical (unpaired) electrons. The molecule has 5 heteroatoms. The predicted molar refractivity (Wildman–Crippen MR) is 112 cm³/mol. The van der Waals surface area contributed by atoms with Gasteiger partial charge in [-0.25, -0.2) is 0 Å². The van der Waals surface area contributed by atoms with E-state index in [1.807, 2.05) is 12.1 Å². The Morgan fingerprint density at radius 3 is 2.54 bits per heavy atom. The Balaban J connectivity index is 0.00000168. The minimum Gasteiger partial charge on any atom is -0.357 e. The van der Waals surface area contributed by atoms with Crippen LogP contribution in [0.5, 0.6) is 0 Å². The molecular weight excluding hydrogens is 387 g/mol. The quantitative estimate of drug-likeness (QED) is 0.480. The highest BCUT2D eigenvalue weighted by atomic mass is 35.5. The lowest BCUT2D eigenvalue weighted by Gasteiger charge is -2.39. The van der Waals surface area contributed by atoms with Crippen LogP contribution in [0.4, 0.5) is 0 Å². The monoisotopic (exact) mass is 406 g/mol. The van der Waals surface area contributed by atoms with Gasteiger partial charge in [0.1, 0.15) is 0 Å². The molecule has 136 valence electrons. The Labute approximate surface area is 169 Å². The second-order valence-corrected chi connectivity index (χ2v) is 8.19. The first kappa shape index (κ1) is 18.2. The summed E-state index contributed by atoms with van der Waals surface area (Å²) in [6.45, 7) is 0.913. The Morgan fingerprint density at radius 2 is 1.77 bits per heavy atom. The third-order valence-electron chi connectivity index (χ3n) is 6.01. The fourth-order valence-electron chi connectivity index (χ4n) is 4.85. The van der Waals surface area contributed by atoms with Crippen LogP contribution in [0.15, 0.2) is 42.5 Å². The van der Waals surface area contributed by atoms with Crippen molar-refractivity contribution in [2.24, 2.45) is 0 Å². The van der Waals surface area contributed by atoms with Crippen molar-refractivity contribution in [2.45, 2.75) is 37.1 Å². The summed E-state index contributed by atoms with van der Waals surface area (Å²) < 4.78 is 0. The summed E-state index contributed by atoms with van der Waals surface area (Å²) in [5, 5.41) is 6.63. The molecular formula is C21H21Cl3N2. The molecule has 2 nitrogen and oxygen atoms in total. The van der Waals surface area contributed by atoms with E-state index in [-0.39, 0.29) is 23.9 Å². The lowest BCUT2D eigenvalue weighted by molar-refractivity contribution is 0.306. The average molecular weight is 408 g/mol. The number of halogens is 3. The van der Waals surface area contributed by atoms with E-state index in [9.17, 15) is 0 Å². The lowest BCUT2D eigenvalue weighted by atomic mass is 9.78. The van der Waals surface area contributed by atoms with E-state index in [2.05, 4.69) is 40.6 Å². The molecule has 3 aromatic rings. The molecule has 1 atom stereocenters. The van der Waals surface area contributed by atoms with Gasteiger partial charge in [-0.1, -0.05) is 60.3 Å². The molecule has 2 N–H and O–H groups in total. The van der Waals surface area contributed by atoms with E-state index < -0.39 is 0 Å². The van der Waals surface area contributed by atoms with E-state index in [0.29, 0.717) is 5.02 Å². The molecule has 5 rings (SSSR count). The third kappa shape index (κ3) is 2.66. The molecule has 1 fully saturated rings. The zero-order valence-corrected chi connectivity index (χ0v) is 16.6. The normalized spacial score (nSPS) is 20.9. The zero-order valence-electron chi connectivity index (χ0n) is 14.3. The van der Waals surface area contributed by atoms with Crippen molar-refractivity contribution in [3.05, 3.63) is 69.3 Å². The highest BCUT2D eigenvalue weighted by Gasteiger charge is 2.44. The first-order valence-corrected chi connectivity index (χ1v) is 9.75. The number of para-hydroxylation sites is 1. The van der Waals surface area contributed by atoms with E-state index in [1.165, 1.54) is 47.8 Å². The van der Waals surface area contributed by atoms with Crippen LogP contribution in [0, 0.1) is 0 Å². The molecule has 0 amide bonds. The van der Waals surface area contributed by atoms with Gasteiger partial charge in [-0.15, -0.1) is 12.4 Å². The van der Waals surface area contributed by atoms with Crippen molar-refractivity contribution in [3.63, 3.8) is 0 Å². The molecule has 1 spiro atoms. The van der Waals surface area contributed by atoms with Gasteiger partial charge in [-0.05, 0) is 42.2 Å². The van der Waals surface area contributed by atoms with Gasteiger partial charge in [0.15, 0.2) is 0 Å². The predicted octanol–water partition coefficient (Wildman–Crippen LogP) is 6.40. The summed E-state index contributed by atoms with van der Waals surface area (Å²) in [5.74, 6) is 0.238. The summed E-state index contributed by atoms with van der Waals surface area (Å²) in [7, 11) is 0. The highest BCUT2D eigenvalue weighted by Crippen LogP contribution is 2.49. The number of aromatic nitrogens is 1. The van der Waals surface area contributed by atoms with E-state index >= 15 is 0 Å². The van der Waals surface area contributed by atoms with E-state index in [4.69, 9.17) is 23.2 Å². The first-order valence-electron chi connectivity index (χ1n) is 8.99. The van der Waals surface area contributed by atoms with Gasteiger partial charge in [0.05, 0.1) is 5.54 Å². The molecule has 26 heavy (non-hydrogen) atoms. The maximum Gasteiger partial charge on any atom is 0.0590 e. The Kier molecular flexibility index (Phi) is 4.73. The van der Waals surface area contributed by atoms with Gasteiger partial charge in [-0.3, -0.25) is 0 Å². The molecule has 2 aromatic carbocycles. The number of benzene rings is 2. The van der Waals surface area contributed by atoms with Crippen molar-refractivity contribution < 1.29 is 0 Å². The molecule has 2 aliphatic rings. The number of hydrogen-bond acceptors (Lipinski definition) is 1. The summed E-state index contributed by atoms with van der Waals surface area (Å²) in [6, 6.07) is 14.5. The molecule has 1 unspecified atom stereocenters. The number of nitrogens with one attached hydrogen (secondary N) is 2. The van der Waals surface area contributed by atoms with Crippen LogP contribution in [-0.2, 0) is 5.54 Å². The SMILES string of the molecule is Cl.Clc1ccc(C2CNC3(CCCC3)c3[nH]c4ccccc4c32)c(Cl)c1. The maximum atomic E-state index is 6.58. The number of hydrogen-bond donors (Lipinski definition) is 2. The van der Waals surface area contributed by atoms with Crippen LogP contribution in [0.25, 0.3) is 10.9 Å². The van der Waals surface area contributed by atoms with Gasteiger partial charge >= 0.3 is 0 Å². The highest BCUT2D eigenvalue weighted by molar-refractivity contribution is 6.35. The second kappa shape index (κ2) is 6.76. The van der Waals surface area contributed by atoms with Crippen molar-refractivity contribution in [2.75, 3.05) is 6.54 Å². The van der Waals surface area contributed by atoms with Crippen molar-refractivity contribution in [3.8, 4) is 0 Å². The summed E-state index contributed by atoms with van der Waals surface area (Å²) in [4.78, 5) is 3.75. The van der Waals surface area contributed by atoms with Crippen LogP contribution in [0.2, 0.25) is 10.0 Å². The average Bonchev–Trinajstić information content (AvgIpc) is 3.22. The zero-order chi connectivity index (χ0) is 17.0. The molecule has 0 bridgehead atoms. The van der Waals surface area contributed by atoms with Gasteiger partial charge in [0, 0.05) is 39.1 Å². The van der Waals surface area contributed by atoms with Gasteiger partial charge in [0.25, 0.3) is 0 Å². The van der Waals surface area contributed by atoms with E-state index in [0.717, 1.165) is 17.1 Å². The standard InChI is InChI=1S/C21H20Cl2N2.ClH/c22-13-7-8-14(17(23)11-13)16-12-24-21(9-3-4-10-21)20-19(16)15-5-1-2-6-18(15)25-20;/h1-2,5-8,11,16,24-25H,3-4,9-10,12H2;1H. The van der Waals surface area contributed by atoms with Gasteiger partial charge < -0.3 is 10.3 Å². The smallest absolute Gasteiger partial charge is 0.0590 e. The van der Waals surface area contributed by atoms with Crippen LogP contribution >= 0.6 is 35.6 Å². The molecule has 1 saturated carbocycles. The van der Waals surface area contributed by atoms with Crippen LogP contribution in [0.1, 0.15) is 48.4 Å². The lowest BCUT2D eigenvalue weighted by Crippen LogP contribution is -2.47. The number of fused-ring (bicyclic) bond motifs is 4. The summed E-state index contributed by atoms with van der Waals surface area (Å²) in [5.41, 5.74) is 5.26. The molecule has 2 heterocycles. The van der Waals surface area contributed by atoms with Crippen LogP contribution in [-0.4, -0.2) is 11.5 Å². The summed E-state index contributed by atoms with van der Waals surface area (Å²) >= 11 is 12.7. The second-order valence-electron chi connectivity index (χ2n) is 7.35. The molecule has 0 saturated heterocycles. The fraction of sp³-hybridized carbons (Fsp3) is 0.333. The molecule has 1 aliphatic carbocycles. The van der Waals surface area contributed by atoms with E-state index in [1.54, 1.807) is 0 Å². The summed E-state index contributed by atoms with van der Waals surface area (Å²) in [6.07, 6.45) is 4.98. The largest absolute Gasteiger partial charge is 0.357 e. The van der Waals surface area contributed by atoms with Crippen molar-refractivity contribution in [1.29, 1.82) is 0 Å². The minimum absolute atomic E-state index is 0. The van der Waals surface area contributed by atoms with Crippen LogP contribution < -0.4 is 5.32 Å². The van der Waals surface area contributed by atoms with Crippen molar-refractivity contribution in [1.82, 2.24) is 10.3 Å². The Hall–Kier alpha value is -1.19. The van der Waals surface area contributed by atoms with Crippen molar-refractivity contribution >= 4 is 46.5 Å². The van der Waals surface area contributed by atoms with Gasteiger partial charge in [-0.2, -0.15) is 0 Å². The minimum atomic E-state index is 0. The van der Waals surface area contributed by atoms with Crippen LogP contribution in [0.3, 0.4) is 0 Å². The Bertz CT molecular complexity index is 957. The Morgan fingerprint density at radius 1 is 1.00 bits per heavy atom. The number of aromatic amines is 1. The first-order chi connectivity index (χ1) is 12.2. The molecule has 1 aromatic heterocycles. The van der Waals surface area contributed by atoms with Gasteiger partial charge in [0.2, 0.25) is 0 Å². The molecule has 1 aliphatic heterocycles. The number of H-pyrrole nitrogens is 1.